The van der Waals surface area contributed by atoms with Gasteiger partial charge in [-0.25, -0.2) is 19.2 Å². The molecule has 0 aromatic heterocycles. The lowest BCUT2D eigenvalue weighted by Gasteiger charge is -2.38. The number of aliphatic hydroxyl groups excluding tert-OH is 2. The summed E-state index contributed by atoms with van der Waals surface area (Å²) in [6.07, 6.45) is 9.59. The molecule has 8 heterocycles. The van der Waals surface area contributed by atoms with Gasteiger partial charge in [0.05, 0.1) is 115 Å². The van der Waals surface area contributed by atoms with Crippen molar-refractivity contribution in [2.45, 2.75) is 150 Å². The number of piperidine rings is 4. The topological polar surface area (TPSA) is 354 Å². The van der Waals surface area contributed by atoms with E-state index in [1.54, 1.807) is 109 Å². The van der Waals surface area contributed by atoms with Crippen LogP contribution < -0.4 is 19.6 Å². The molecule has 0 radical (unpaired) electrons. The molecule has 20 atom stereocenters. The monoisotopic (exact) mass is 1290 g/mol. The average molecular weight is 1290 g/mol. The largest absolute Gasteiger partial charge is 0.478 e. The number of hydrogen-bond donors (Lipinski definition) is 8. The molecule has 4 aromatic carbocycles. The molecule has 24 nitrogen and oxygen atoms in total. The lowest BCUT2D eigenvalue weighted by molar-refractivity contribution is -0.926. The molecule has 0 aliphatic carbocycles. The first-order chi connectivity index (χ1) is 43.1. The van der Waals surface area contributed by atoms with Gasteiger partial charge in [-0.15, -0.1) is 0 Å². The molecule has 8 bridgehead atoms. The van der Waals surface area contributed by atoms with Crippen LogP contribution in [0.25, 0.3) is 0 Å². The Balaban J connectivity index is 0.000000206. The summed E-state index contributed by atoms with van der Waals surface area (Å²) in [4.78, 5) is 98.0. The van der Waals surface area contributed by atoms with Crippen LogP contribution in [-0.4, -0.2) is 209 Å². The number of hydrogen-bond acceptors (Lipinski definition) is 16. The molecule has 0 amide bonds. The minimum atomic E-state index is -0.879. The molecular weight excluding hydrogens is 1190 g/mol. The lowest BCUT2D eigenvalue weighted by atomic mass is 9.87. The van der Waals surface area contributed by atoms with E-state index in [-0.39, 0.29) is 107 Å². The van der Waals surface area contributed by atoms with Crippen molar-refractivity contribution in [1.29, 1.82) is 0 Å². The van der Waals surface area contributed by atoms with Crippen molar-refractivity contribution >= 4 is 47.8 Å². The summed E-state index contributed by atoms with van der Waals surface area (Å²) in [5, 5.41) is 36.5. The van der Waals surface area contributed by atoms with Gasteiger partial charge in [0.1, 0.15) is 60.0 Å². The zero-order valence-corrected chi connectivity index (χ0v) is 53.8. The number of aromatic carboxylic acids is 2. The maximum atomic E-state index is 12.3. The number of aliphatic hydroxyl groups is 2. The Hall–Kier alpha value is -7.68. The first-order valence-corrected chi connectivity index (χ1v) is 31.2. The SMILES string of the molecule is COC(=O)C1C(O)CC2CCC1[NH+]2C.COC(=O)C1C(OC(=O)c2ccccc2)CC2CCC1[NH+]2C.COC(=O)C1C(OC(=O)c2ccccc2)CC2CCC1[NH+]2C.COC(=O)[C@H]1C(O)CC2CCC1[NH+]2C.O.O.O=C(O)c1ccccc1.O=C(O)c1ccccc1. The van der Waals surface area contributed by atoms with E-state index < -0.39 is 24.1 Å². The maximum Gasteiger partial charge on any atom is 0.338 e. The van der Waals surface area contributed by atoms with Gasteiger partial charge in [0, 0.05) is 77.0 Å². The second kappa shape index (κ2) is 35.4. The second-order valence-corrected chi connectivity index (χ2v) is 24.7. The molecule has 19 unspecified atom stereocenters. The normalized spacial score (nSPS) is 31.8. The van der Waals surface area contributed by atoms with Gasteiger partial charge in [0.2, 0.25) is 0 Å². The van der Waals surface area contributed by atoms with Crippen LogP contribution in [0, 0.1) is 23.7 Å². The molecule has 12 N–H and O–H groups in total. The molecule has 12 rings (SSSR count). The predicted octanol–water partition coefficient (Wildman–Crippen LogP) is -0.807. The first-order valence-electron chi connectivity index (χ1n) is 31.2. The van der Waals surface area contributed by atoms with E-state index in [0.717, 1.165) is 77.0 Å². The standard InChI is InChI=1S/2C17H21NO4.2C10H17NO3.2C7H6O2.2H2O/c2*1-18-12-8-9-13(18)15(17(20)21-2)14(10-12)22-16(19)11-6-4-3-5-7-11;2*1-11-6-3-4-7(11)9(8(12)5-6)10(13)14-2;2*8-7(9)6-4-2-1-3-5-6;;/h2*3-7,12-15H,8-10H2,1-2H3;2*6-9,12H,3-5H2,1-2H3;2*1-5H,(H,8,9);2*1H2/p+4/t;;6?,7?,8?,9-;;;;;/m..1...../s1. The Kier molecular flexibility index (Phi) is 28.9. The summed E-state index contributed by atoms with van der Waals surface area (Å²) in [5.41, 5.74) is 1.70. The summed E-state index contributed by atoms with van der Waals surface area (Å²) in [6, 6.07) is 37.3. The lowest BCUT2D eigenvalue weighted by Crippen LogP contribution is -3.16. The van der Waals surface area contributed by atoms with Gasteiger partial charge in [-0.3, -0.25) is 19.2 Å². The van der Waals surface area contributed by atoms with Crippen LogP contribution in [0.5, 0.6) is 0 Å². The van der Waals surface area contributed by atoms with Gasteiger partial charge in [-0.05, 0) is 48.5 Å². The maximum absolute atomic E-state index is 12.3. The van der Waals surface area contributed by atoms with Gasteiger partial charge < -0.3 is 79.4 Å². The molecule has 8 fully saturated rings. The zero-order valence-electron chi connectivity index (χ0n) is 53.8. The second-order valence-electron chi connectivity index (χ2n) is 24.7. The average Bonchev–Trinajstić information content (AvgIpc) is 1.63. The van der Waals surface area contributed by atoms with Crippen LogP contribution in [0.15, 0.2) is 121 Å². The highest BCUT2D eigenvalue weighted by Gasteiger charge is 2.57. The molecule has 0 spiro atoms. The Morgan fingerprint density at radius 2 is 0.576 bits per heavy atom. The molecule has 504 valence electrons. The molecule has 8 aliphatic heterocycles. The third-order valence-corrected chi connectivity index (χ3v) is 20.1. The number of carboxylic acid groups (broad SMARTS) is 2. The number of nitrogens with one attached hydrogen (secondary N) is 4. The summed E-state index contributed by atoms with van der Waals surface area (Å²) < 4.78 is 30.8. The minimum Gasteiger partial charge on any atom is -0.478 e. The zero-order chi connectivity index (χ0) is 65.3. The van der Waals surface area contributed by atoms with Crippen LogP contribution in [0.4, 0.5) is 0 Å². The van der Waals surface area contributed by atoms with Gasteiger partial charge >= 0.3 is 47.8 Å². The number of quaternary nitrogens is 4. The van der Waals surface area contributed by atoms with Crippen molar-refractivity contribution in [2.75, 3.05) is 56.6 Å². The quantitative estimate of drug-likeness (QED) is 0.0711. The fraction of sp³-hybridized carbons (Fsp3) is 0.529. The Morgan fingerprint density at radius 1 is 0.348 bits per heavy atom. The van der Waals surface area contributed by atoms with Crippen LogP contribution in [0.1, 0.15) is 118 Å². The van der Waals surface area contributed by atoms with E-state index in [2.05, 4.69) is 28.2 Å². The Bertz CT molecular complexity index is 2820. The van der Waals surface area contributed by atoms with Crippen molar-refractivity contribution in [3.63, 3.8) is 0 Å². The molecule has 8 aliphatic rings. The minimum absolute atomic E-state index is 0. The Labute approximate surface area is 537 Å². The molecule has 4 aromatic rings. The number of fused-ring (bicyclic) bond motifs is 8. The van der Waals surface area contributed by atoms with Gasteiger partial charge in [-0.2, -0.15) is 0 Å². The number of carbonyl (C=O) groups is 8. The van der Waals surface area contributed by atoms with Gasteiger partial charge in [-0.1, -0.05) is 72.8 Å². The van der Waals surface area contributed by atoms with Crippen LogP contribution >= 0.6 is 0 Å². The van der Waals surface area contributed by atoms with Crippen molar-refractivity contribution < 1.29 is 118 Å². The summed E-state index contributed by atoms with van der Waals surface area (Å²) in [6.45, 7) is 0. The number of carbonyl (C=O) groups excluding carboxylic acids is 6. The number of methoxy groups -OCH3 is 4. The van der Waals surface area contributed by atoms with E-state index in [9.17, 15) is 48.6 Å². The smallest absolute Gasteiger partial charge is 0.338 e. The molecular formula is C68H96N4O20+4. The molecule has 0 saturated carbocycles. The number of carboxylic acids is 2. The summed E-state index contributed by atoms with van der Waals surface area (Å²) in [7, 11) is 14.1. The van der Waals surface area contributed by atoms with Crippen LogP contribution in [0.3, 0.4) is 0 Å². The molecule has 92 heavy (non-hydrogen) atoms. The van der Waals surface area contributed by atoms with Crippen molar-refractivity contribution in [3.05, 3.63) is 144 Å². The number of esters is 6. The third kappa shape index (κ3) is 18.3. The van der Waals surface area contributed by atoms with E-state index in [0.29, 0.717) is 46.4 Å². The highest BCUT2D eigenvalue weighted by molar-refractivity contribution is 5.91. The fourth-order valence-corrected chi connectivity index (χ4v) is 15.2. The van der Waals surface area contributed by atoms with Crippen LogP contribution in [0.2, 0.25) is 0 Å². The highest BCUT2D eigenvalue weighted by atomic mass is 16.6. The fourth-order valence-electron chi connectivity index (χ4n) is 15.2. The van der Waals surface area contributed by atoms with Crippen molar-refractivity contribution in [2.24, 2.45) is 23.7 Å². The summed E-state index contributed by atoms with van der Waals surface area (Å²) in [5.74, 6) is -4.86. The van der Waals surface area contributed by atoms with E-state index >= 15 is 0 Å². The summed E-state index contributed by atoms with van der Waals surface area (Å²) >= 11 is 0. The molecule has 8 saturated heterocycles. The van der Waals surface area contributed by atoms with Gasteiger partial charge in [0.25, 0.3) is 0 Å². The number of ether oxygens (including phenoxy) is 6. The Morgan fingerprint density at radius 3 is 0.815 bits per heavy atom. The van der Waals surface area contributed by atoms with Crippen molar-refractivity contribution in [1.82, 2.24) is 0 Å². The van der Waals surface area contributed by atoms with Gasteiger partial charge in [0.15, 0.2) is 0 Å². The van der Waals surface area contributed by atoms with E-state index in [1.807, 2.05) is 12.1 Å². The van der Waals surface area contributed by atoms with E-state index in [4.69, 9.17) is 38.6 Å². The predicted molar refractivity (Wildman–Crippen MR) is 333 cm³/mol. The number of rotatable bonds is 10. The molecule has 24 heteroatoms. The number of benzene rings is 4. The first kappa shape index (κ1) is 75.0. The third-order valence-electron chi connectivity index (χ3n) is 20.1. The van der Waals surface area contributed by atoms with E-state index in [1.165, 1.54) is 48.0 Å². The highest BCUT2D eigenvalue weighted by Crippen LogP contribution is 2.34. The van der Waals surface area contributed by atoms with Crippen molar-refractivity contribution in [3.8, 4) is 0 Å². The van der Waals surface area contributed by atoms with Crippen LogP contribution in [-0.2, 0) is 47.6 Å².